The highest BCUT2D eigenvalue weighted by molar-refractivity contribution is 7.99. The van der Waals surface area contributed by atoms with E-state index in [1.807, 2.05) is 11.8 Å². The number of cyclic esters (lactones) is 1. The molecule has 6 nitrogen and oxygen atoms in total. The monoisotopic (exact) mass is 353 g/mol. The summed E-state index contributed by atoms with van der Waals surface area (Å²) in [6.45, 7) is 2.21. The van der Waals surface area contributed by atoms with Crippen LogP contribution in [-0.4, -0.2) is 56.3 Å². The number of anilines is 2. The van der Waals surface area contributed by atoms with Crippen molar-refractivity contribution in [2.75, 3.05) is 47.5 Å². The maximum Gasteiger partial charge on any atom is 0.414 e. The summed E-state index contributed by atoms with van der Waals surface area (Å²) in [5.74, 6) is 1.76. The van der Waals surface area contributed by atoms with Crippen LogP contribution in [0.4, 0.5) is 20.6 Å². The number of nitrogens with zero attached hydrogens (tertiary/aromatic N) is 2. The van der Waals surface area contributed by atoms with Crippen LogP contribution in [0.1, 0.15) is 6.42 Å². The van der Waals surface area contributed by atoms with Crippen LogP contribution < -0.4 is 15.1 Å². The van der Waals surface area contributed by atoms with Crippen LogP contribution in [0.3, 0.4) is 0 Å². The summed E-state index contributed by atoms with van der Waals surface area (Å²) in [6, 6.07) is 4.85. The molecule has 2 amide bonds. The van der Waals surface area contributed by atoms with E-state index in [0.717, 1.165) is 31.0 Å². The lowest BCUT2D eigenvalue weighted by Crippen LogP contribution is -2.30. The molecule has 1 unspecified atom stereocenters. The fourth-order valence-electron chi connectivity index (χ4n) is 2.93. The van der Waals surface area contributed by atoms with Crippen LogP contribution in [0.25, 0.3) is 0 Å². The number of hydrogen-bond acceptors (Lipinski definition) is 5. The molecular formula is C16H20FN3O3S. The molecule has 3 rings (SSSR count). The number of nitrogens with one attached hydrogen (secondary N) is 1. The van der Waals surface area contributed by atoms with Crippen molar-refractivity contribution in [2.24, 2.45) is 0 Å². The number of thioether (sulfide) groups is 1. The van der Waals surface area contributed by atoms with Crippen molar-refractivity contribution in [1.82, 2.24) is 5.32 Å². The zero-order valence-corrected chi connectivity index (χ0v) is 14.1. The molecule has 1 N–H and O–H groups in total. The zero-order valence-electron chi connectivity index (χ0n) is 13.2. The van der Waals surface area contributed by atoms with Gasteiger partial charge in [0.1, 0.15) is 11.9 Å². The third-order valence-corrected chi connectivity index (χ3v) is 5.16. The fourth-order valence-corrected chi connectivity index (χ4v) is 3.81. The van der Waals surface area contributed by atoms with Gasteiger partial charge in [0.25, 0.3) is 0 Å². The van der Waals surface area contributed by atoms with Gasteiger partial charge in [-0.1, -0.05) is 0 Å². The number of amides is 2. The Bertz CT molecular complexity index is 608. The Morgan fingerprint density at radius 3 is 3.04 bits per heavy atom. The molecular weight excluding hydrogens is 333 g/mol. The highest BCUT2D eigenvalue weighted by atomic mass is 32.2. The minimum atomic E-state index is -0.522. The summed E-state index contributed by atoms with van der Waals surface area (Å²) in [4.78, 5) is 25.7. The Hall–Kier alpha value is -1.96. The topological polar surface area (TPSA) is 61.9 Å². The van der Waals surface area contributed by atoms with Crippen LogP contribution in [0.5, 0.6) is 0 Å². The van der Waals surface area contributed by atoms with E-state index in [1.165, 1.54) is 11.0 Å². The third-order valence-electron chi connectivity index (χ3n) is 4.11. The van der Waals surface area contributed by atoms with Crippen LogP contribution in [0.15, 0.2) is 18.2 Å². The molecule has 8 heteroatoms. The highest BCUT2D eigenvalue weighted by Crippen LogP contribution is 2.29. The molecule has 2 saturated heterocycles. The van der Waals surface area contributed by atoms with Gasteiger partial charge < -0.3 is 15.0 Å². The van der Waals surface area contributed by atoms with Crippen LogP contribution in [0, 0.1) is 5.82 Å². The van der Waals surface area contributed by atoms with Gasteiger partial charge in [-0.15, -0.1) is 0 Å². The number of carbonyl (C=O) groups excluding carboxylic acids is 2. The molecule has 0 aromatic heterocycles. The van der Waals surface area contributed by atoms with Crippen molar-refractivity contribution in [1.29, 1.82) is 0 Å². The quantitative estimate of drug-likeness (QED) is 0.819. The molecule has 0 spiro atoms. The van der Waals surface area contributed by atoms with E-state index in [1.54, 1.807) is 12.1 Å². The molecule has 24 heavy (non-hydrogen) atoms. The summed E-state index contributed by atoms with van der Waals surface area (Å²) in [5, 5.41) is 2.49. The standard InChI is InChI=1S/C16H20FN3O3S/c17-14-8-12(20-10-13(9-18-11-21)23-16(20)22)2-3-15(14)19-4-1-6-24-7-5-19/h2-3,8,11,13H,1,4-7,9-10H2,(H,18,21). The van der Waals surface area contributed by atoms with E-state index < -0.39 is 12.2 Å². The van der Waals surface area contributed by atoms with E-state index in [4.69, 9.17) is 4.74 Å². The maximum atomic E-state index is 14.6. The van der Waals surface area contributed by atoms with Crippen LogP contribution >= 0.6 is 11.8 Å². The molecule has 2 aliphatic heterocycles. The van der Waals surface area contributed by atoms with Gasteiger partial charge in [-0.25, -0.2) is 9.18 Å². The minimum absolute atomic E-state index is 0.248. The summed E-state index contributed by atoms with van der Waals surface area (Å²) in [6.07, 6.45) is 0.652. The van der Waals surface area contributed by atoms with E-state index in [2.05, 4.69) is 10.2 Å². The summed E-state index contributed by atoms with van der Waals surface area (Å²) in [5.41, 5.74) is 1.05. The SMILES string of the molecule is O=CNCC1CN(c2ccc(N3CCCSCC3)c(F)c2)C(=O)O1. The van der Waals surface area contributed by atoms with Gasteiger partial charge in [-0.2, -0.15) is 11.8 Å². The second-order valence-corrected chi connectivity index (χ2v) is 6.96. The first-order chi connectivity index (χ1) is 11.7. The molecule has 2 aliphatic rings. The average molecular weight is 353 g/mol. The molecule has 0 radical (unpaired) electrons. The molecule has 2 heterocycles. The van der Waals surface area contributed by atoms with Crippen LogP contribution in [-0.2, 0) is 9.53 Å². The number of carbonyl (C=O) groups is 2. The molecule has 1 aromatic carbocycles. The number of rotatable bonds is 5. The van der Waals surface area contributed by atoms with Gasteiger partial charge in [0, 0.05) is 18.8 Å². The summed E-state index contributed by atoms with van der Waals surface area (Å²) in [7, 11) is 0. The molecule has 1 aromatic rings. The lowest BCUT2D eigenvalue weighted by Gasteiger charge is -2.24. The Balaban J connectivity index is 1.72. The first-order valence-electron chi connectivity index (χ1n) is 7.96. The number of halogens is 1. The van der Waals surface area contributed by atoms with Crippen molar-refractivity contribution in [3.05, 3.63) is 24.0 Å². The van der Waals surface area contributed by atoms with E-state index >= 15 is 0 Å². The molecule has 1 atom stereocenters. The minimum Gasteiger partial charge on any atom is -0.442 e. The van der Waals surface area contributed by atoms with Gasteiger partial charge in [0.2, 0.25) is 6.41 Å². The Morgan fingerprint density at radius 2 is 2.25 bits per heavy atom. The Morgan fingerprint density at radius 1 is 1.38 bits per heavy atom. The lowest BCUT2D eigenvalue weighted by atomic mass is 10.2. The second-order valence-electron chi connectivity index (χ2n) is 5.73. The van der Waals surface area contributed by atoms with Crippen molar-refractivity contribution in [3.8, 4) is 0 Å². The van der Waals surface area contributed by atoms with Crippen LogP contribution in [0.2, 0.25) is 0 Å². The first-order valence-corrected chi connectivity index (χ1v) is 9.12. The maximum absolute atomic E-state index is 14.6. The second kappa shape index (κ2) is 7.74. The van der Waals surface area contributed by atoms with Crippen molar-refractivity contribution < 1.29 is 18.7 Å². The molecule has 130 valence electrons. The summed E-state index contributed by atoms with van der Waals surface area (Å²) < 4.78 is 19.7. The number of hydrogen-bond donors (Lipinski definition) is 1. The van der Waals surface area contributed by atoms with E-state index in [-0.39, 0.29) is 12.4 Å². The number of benzene rings is 1. The highest BCUT2D eigenvalue weighted by Gasteiger charge is 2.32. The van der Waals surface area contributed by atoms with Crippen molar-refractivity contribution in [3.63, 3.8) is 0 Å². The largest absolute Gasteiger partial charge is 0.442 e. The van der Waals surface area contributed by atoms with Gasteiger partial charge in [0.05, 0.1) is 24.5 Å². The average Bonchev–Trinajstić information content (AvgIpc) is 2.77. The van der Waals surface area contributed by atoms with Gasteiger partial charge in [-0.05, 0) is 30.4 Å². The molecule has 0 bridgehead atoms. The van der Waals surface area contributed by atoms with E-state index in [0.29, 0.717) is 24.3 Å². The normalized spacial score (nSPS) is 21.4. The predicted octanol–water partition coefficient (Wildman–Crippen LogP) is 1.84. The smallest absolute Gasteiger partial charge is 0.414 e. The Kier molecular flexibility index (Phi) is 5.44. The molecule has 0 aliphatic carbocycles. The Labute approximate surface area is 144 Å². The van der Waals surface area contributed by atoms with Crippen molar-refractivity contribution >= 4 is 35.6 Å². The van der Waals surface area contributed by atoms with Gasteiger partial charge in [0.15, 0.2) is 0 Å². The fraction of sp³-hybridized carbons (Fsp3) is 0.500. The molecule has 0 saturated carbocycles. The molecule has 2 fully saturated rings. The van der Waals surface area contributed by atoms with E-state index in [9.17, 15) is 14.0 Å². The third kappa shape index (κ3) is 3.75. The summed E-state index contributed by atoms with van der Waals surface area (Å²) >= 11 is 1.89. The van der Waals surface area contributed by atoms with Crippen molar-refractivity contribution in [2.45, 2.75) is 12.5 Å². The number of ether oxygens (including phenoxy) is 1. The van der Waals surface area contributed by atoms with Gasteiger partial charge in [-0.3, -0.25) is 9.69 Å². The lowest BCUT2D eigenvalue weighted by molar-refractivity contribution is -0.109. The zero-order chi connectivity index (χ0) is 16.9. The first kappa shape index (κ1) is 16.9. The predicted molar refractivity (Wildman–Crippen MR) is 92.2 cm³/mol. The van der Waals surface area contributed by atoms with Gasteiger partial charge >= 0.3 is 6.09 Å².